The summed E-state index contributed by atoms with van der Waals surface area (Å²) in [5.41, 5.74) is 0.791. The Morgan fingerprint density at radius 3 is 2.30 bits per heavy atom. The van der Waals surface area contributed by atoms with Crippen molar-refractivity contribution in [2.45, 2.75) is 31.7 Å². The highest BCUT2D eigenvalue weighted by atomic mass is 16.4. The molecule has 0 spiro atoms. The molecule has 3 N–H and O–H groups in total. The Morgan fingerprint density at radius 1 is 1.10 bits per heavy atom. The molecule has 108 valence electrons. The largest absolute Gasteiger partial charge is 0.481 e. The standard InChI is InChI=1S/C14H17NO5/c16-12(9-10-5-2-1-3-6-10)15-11(14(19)20)7-4-8-13(17)18/h1-3,5-6,11H,4,7-9H2,(H,15,16)(H,17,18)(H,19,20)/t11-/m0/s1. The van der Waals surface area contributed by atoms with Crippen molar-refractivity contribution >= 4 is 17.8 Å². The molecule has 1 aromatic rings. The maximum atomic E-state index is 11.7. The third-order valence-electron chi connectivity index (χ3n) is 2.72. The zero-order chi connectivity index (χ0) is 15.0. The Bertz CT molecular complexity index is 472. The van der Waals surface area contributed by atoms with E-state index in [2.05, 4.69) is 5.32 Å². The van der Waals surface area contributed by atoms with Crippen LogP contribution in [0.15, 0.2) is 30.3 Å². The molecule has 0 aliphatic rings. The maximum absolute atomic E-state index is 11.7. The van der Waals surface area contributed by atoms with Crippen molar-refractivity contribution in [2.24, 2.45) is 0 Å². The Kier molecular flexibility index (Phi) is 6.22. The van der Waals surface area contributed by atoms with Gasteiger partial charge in [-0.3, -0.25) is 9.59 Å². The van der Waals surface area contributed by atoms with Gasteiger partial charge in [-0.25, -0.2) is 4.79 Å². The van der Waals surface area contributed by atoms with Crippen LogP contribution in [0, 0.1) is 0 Å². The fourth-order valence-electron chi connectivity index (χ4n) is 1.74. The van der Waals surface area contributed by atoms with Crippen LogP contribution in [0.5, 0.6) is 0 Å². The first-order chi connectivity index (χ1) is 9.49. The van der Waals surface area contributed by atoms with E-state index in [0.29, 0.717) is 0 Å². The Labute approximate surface area is 116 Å². The highest BCUT2D eigenvalue weighted by Gasteiger charge is 2.19. The molecule has 0 aromatic heterocycles. The molecular weight excluding hydrogens is 262 g/mol. The molecule has 1 amide bonds. The minimum absolute atomic E-state index is 0.0994. The van der Waals surface area contributed by atoms with Crippen LogP contribution < -0.4 is 5.32 Å². The van der Waals surface area contributed by atoms with Crippen molar-refractivity contribution in [1.82, 2.24) is 5.32 Å². The second-order valence-electron chi connectivity index (χ2n) is 4.41. The van der Waals surface area contributed by atoms with Gasteiger partial charge in [-0.15, -0.1) is 0 Å². The summed E-state index contributed by atoms with van der Waals surface area (Å²) < 4.78 is 0. The van der Waals surface area contributed by atoms with Gasteiger partial charge in [0.05, 0.1) is 6.42 Å². The lowest BCUT2D eigenvalue weighted by Gasteiger charge is -2.14. The number of carboxylic acids is 2. The van der Waals surface area contributed by atoms with Gasteiger partial charge in [0.15, 0.2) is 0 Å². The Morgan fingerprint density at radius 2 is 1.75 bits per heavy atom. The first-order valence-corrected chi connectivity index (χ1v) is 6.27. The fourth-order valence-corrected chi connectivity index (χ4v) is 1.74. The van der Waals surface area contributed by atoms with Gasteiger partial charge in [-0.05, 0) is 18.4 Å². The van der Waals surface area contributed by atoms with Gasteiger partial charge in [-0.2, -0.15) is 0 Å². The zero-order valence-corrected chi connectivity index (χ0v) is 10.9. The smallest absolute Gasteiger partial charge is 0.326 e. The van der Waals surface area contributed by atoms with Crippen LogP contribution >= 0.6 is 0 Å². The number of rotatable bonds is 8. The highest BCUT2D eigenvalue weighted by Crippen LogP contribution is 2.04. The van der Waals surface area contributed by atoms with E-state index in [1.807, 2.05) is 6.07 Å². The molecule has 6 heteroatoms. The van der Waals surface area contributed by atoms with Crippen molar-refractivity contribution < 1.29 is 24.6 Å². The predicted molar refractivity (Wildman–Crippen MR) is 71.2 cm³/mol. The van der Waals surface area contributed by atoms with Crippen molar-refractivity contribution in [2.75, 3.05) is 0 Å². The fraction of sp³-hybridized carbons (Fsp3) is 0.357. The molecule has 0 fully saturated rings. The molecule has 0 heterocycles. The van der Waals surface area contributed by atoms with Crippen molar-refractivity contribution in [3.63, 3.8) is 0 Å². The van der Waals surface area contributed by atoms with Crippen LogP contribution in [-0.4, -0.2) is 34.1 Å². The van der Waals surface area contributed by atoms with Gasteiger partial charge in [0, 0.05) is 6.42 Å². The molecule has 0 aliphatic heterocycles. The lowest BCUT2D eigenvalue weighted by molar-refractivity contribution is -0.142. The van der Waals surface area contributed by atoms with E-state index in [-0.39, 0.29) is 31.6 Å². The van der Waals surface area contributed by atoms with E-state index in [1.165, 1.54) is 0 Å². The number of hydrogen-bond donors (Lipinski definition) is 3. The molecule has 1 aromatic carbocycles. The molecule has 0 saturated carbocycles. The molecule has 1 atom stereocenters. The second-order valence-corrected chi connectivity index (χ2v) is 4.41. The number of aliphatic carboxylic acids is 2. The van der Waals surface area contributed by atoms with Crippen molar-refractivity contribution in [3.05, 3.63) is 35.9 Å². The van der Waals surface area contributed by atoms with Crippen LogP contribution in [0.2, 0.25) is 0 Å². The molecule has 0 radical (unpaired) electrons. The lowest BCUT2D eigenvalue weighted by Crippen LogP contribution is -2.41. The molecule has 1 rings (SSSR count). The molecule has 0 saturated heterocycles. The van der Waals surface area contributed by atoms with E-state index >= 15 is 0 Å². The summed E-state index contributed by atoms with van der Waals surface area (Å²) in [7, 11) is 0. The van der Waals surface area contributed by atoms with E-state index in [9.17, 15) is 14.4 Å². The zero-order valence-electron chi connectivity index (χ0n) is 10.9. The average Bonchev–Trinajstić information content (AvgIpc) is 2.38. The summed E-state index contributed by atoms with van der Waals surface area (Å²) >= 11 is 0. The summed E-state index contributed by atoms with van der Waals surface area (Å²) in [5, 5.41) is 19.9. The minimum Gasteiger partial charge on any atom is -0.481 e. The molecule has 0 aliphatic carbocycles. The van der Waals surface area contributed by atoms with Gasteiger partial charge in [-0.1, -0.05) is 30.3 Å². The van der Waals surface area contributed by atoms with Crippen molar-refractivity contribution in [1.29, 1.82) is 0 Å². The quantitative estimate of drug-likeness (QED) is 0.660. The van der Waals surface area contributed by atoms with Crippen molar-refractivity contribution in [3.8, 4) is 0 Å². The number of carbonyl (C=O) groups is 3. The summed E-state index contributed by atoms with van der Waals surface area (Å²) in [6.45, 7) is 0. The van der Waals surface area contributed by atoms with Gasteiger partial charge in [0.2, 0.25) is 5.91 Å². The molecule has 0 bridgehead atoms. The first kappa shape index (κ1) is 15.7. The average molecular weight is 279 g/mol. The Balaban J connectivity index is 2.46. The van der Waals surface area contributed by atoms with Crippen LogP contribution in [0.1, 0.15) is 24.8 Å². The summed E-state index contributed by atoms with van der Waals surface area (Å²) in [5.74, 6) is -2.53. The summed E-state index contributed by atoms with van der Waals surface area (Å²) in [4.78, 5) is 33.1. The molecular formula is C14H17NO5. The van der Waals surface area contributed by atoms with Crippen LogP contribution in [0.25, 0.3) is 0 Å². The van der Waals surface area contributed by atoms with E-state index < -0.39 is 18.0 Å². The third kappa shape index (κ3) is 5.99. The number of hydrogen-bond acceptors (Lipinski definition) is 3. The number of carboxylic acid groups (broad SMARTS) is 2. The van der Waals surface area contributed by atoms with Crippen LogP contribution in [-0.2, 0) is 20.8 Å². The molecule has 20 heavy (non-hydrogen) atoms. The number of amides is 1. The second kappa shape index (κ2) is 7.93. The lowest BCUT2D eigenvalue weighted by atomic mass is 10.1. The number of carbonyl (C=O) groups excluding carboxylic acids is 1. The Hall–Kier alpha value is -2.37. The number of nitrogens with one attached hydrogen (secondary N) is 1. The highest BCUT2D eigenvalue weighted by molar-refractivity contribution is 5.84. The van der Waals surface area contributed by atoms with Crippen LogP contribution in [0.3, 0.4) is 0 Å². The molecule has 0 unspecified atom stereocenters. The molecule has 6 nitrogen and oxygen atoms in total. The van der Waals surface area contributed by atoms with Gasteiger partial charge >= 0.3 is 11.9 Å². The maximum Gasteiger partial charge on any atom is 0.326 e. The monoisotopic (exact) mass is 279 g/mol. The topological polar surface area (TPSA) is 104 Å². The normalized spacial score (nSPS) is 11.6. The first-order valence-electron chi connectivity index (χ1n) is 6.27. The SMILES string of the molecule is O=C(O)CCC[C@H](NC(=O)Cc1ccccc1)C(=O)O. The summed E-state index contributed by atoms with van der Waals surface area (Å²) in [6, 6.07) is 7.92. The predicted octanol–water partition coefficient (Wildman–Crippen LogP) is 1.05. The van der Waals surface area contributed by atoms with E-state index in [4.69, 9.17) is 10.2 Å². The van der Waals surface area contributed by atoms with Crippen LogP contribution in [0.4, 0.5) is 0 Å². The summed E-state index contributed by atoms with van der Waals surface area (Å²) in [6.07, 6.45) is 0.294. The number of benzene rings is 1. The van der Waals surface area contributed by atoms with Gasteiger partial charge in [0.25, 0.3) is 0 Å². The van der Waals surface area contributed by atoms with E-state index in [0.717, 1.165) is 5.56 Å². The third-order valence-corrected chi connectivity index (χ3v) is 2.72. The van der Waals surface area contributed by atoms with Gasteiger partial charge in [0.1, 0.15) is 6.04 Å². The van der Waals surface area contributed by atoms with Gasteiger partial charge < -0.3 is 15.5 Å². The van der Waals surface area contributed by atoms with E-state index in [1.54, 1.807) is 24.3 Å². The minimum atomic E-state index is -1.16.